The van der Waals surface area contributed by atoms with Crippen molar-refractivity contribution in [1.29, 1.82) is 0 Å². The summed E-state index contributed by atoms with van der Waals surface area (Å²) in [4.78, 5) is 14.3. The quantitative estimate of drug-likeness (QED) is 0.788. The summed E-state index contributed by atoms with van der Waals surface area (Å²) in [5, 5.41) is 15.6. The van der Waals surface area contributed by atoms with Crippen LogP contribution < -0.4 is 4.90 Å². The molecule has 0 unspecified atom stereocenters. The number of nitrogens with zero attached hydrogens (tertiary/aromatic N) is 6. The van der Waals surface area contributed by atoms with Crippen molar-refractivity contribution in [1.82, 2.24) is 25.3 Å². The molecule has 1 fully saturated rings. The lowest BCUT2D eigenvalue weighted by Crippen LogP contribution is -2.37. The molecule has 0 N–H and O–H groups in total. The SMILES string of the molecule is CC(C)(C)CCOC(=O)C1CCN(c2ccc3nnnn3n2)CC1. The third-order valence-electron chi connectivity index (χ3n) is 4.30. The second-order valence-electron chi connectivity index (χ2n) is 7.46. The predicted molar refractivity (Wildman–Crippen MR) is 88.5 cm³/mol. The number of piperidine rings is 1. The van der Waals surface area contributed by atoms with E-state index in [1.165, 1.54) is 4.63 Å². The third-order valence-corrected chi connectivity index (χ3v) is 4.30. The monoisotopic (exact) mass is 332 g/mol. The highest BCUT2D eigenvalue weighted by Gasteiger charge is 2.27. The van der Waals surface area contributed by atoms with Crippen molar-refractivity contribution in [3.05, 3.63) is 12.1 Å². The Morgan fingerprint density at radius 1 is 1.29 bits per heavy atom. The van der Waals surface area contributed by atoms with E-state index in [1.54, 1.807) is 0 Å². The van der Waals surface area contributed by atoms with E-state index < -0.39 is 0 Å². The fourth-order valence-electron chi connectivity index (χ4n) is 2.73. The molecule has 0 amide bonds. The Kier molecular flexibility index (Phi) is 4.64. The summed E-state index contributed by atoms with van der Waals surface area (Å²) in [6.07, 6.45) is 2.45. The van der Waals surface area contributed by atoms with Gasteiger partial charge in [0.2, 0.25) is 0 Å². The number of hydrogen-bond donors (Lipinski definition) is 0. The molecular weight excluding hydrogens is 308 g/mol. The average molecular weight is 332 g/mol. The fourth-order valence-corrected chi connectivity index (χ4v) is 2.73. The van der Waals surface area contributed by atoms with Crippen LogP contribution in [0.4, 0.5) is 5.82 Å². The molecule has 1 saturated heterocycles. The normalized spacial score (nSPS) is 16.5. The molecule has 0 bridgehead atoms. The van der Waals surface area contributed by atoms with Crippen molar-refractivity contribution in [2.24, 2.45) is 11.3 Å². The fraction of sp³-hybridized carbons (Fsp3) is 0.688. The largest absolute Gasteiger partial charge is 0.465 e. The van der Waals surface area contributed by atoms with E-state index in [4.69, 9.17) is 4.74 Å². The molecule has 2 aromatic rings. The van der Waals surface area contributed by atoms with Gasteiger partial charge in [-0.25, -0.2) is 0 Å². The third kappa shape index (κ3) is 3.98. The Hall–Kier alpha value is -2.25. The number of rotatable bonds is 4. The van der Waals surface area contributed by atoms with Crippen LogP contribution in [0, 0.1) is 11.3 Å². The summed E-state index contributed by atoms with van der Waals surface area (Å²) in [6, 6.07) is 3.75. The zero-order chi connectivity index (χ0) is 17.2. The van der Waals surface area contributed by atoms with Crippen molar-refractivity contribution in [3.63, 3.8) is 0 Å². The van der Waals surface area contributed by atoms with E-state index in [9.17, 15) is 4.79 Å². The smallest absolute Gasteiger partial charge is 0.309 e. The summed E-state index contributed by atoms with van der Waals surface area (Å²) >= 11 is 0. The van der Waals surface area contributed by atoms with Crippen LogP contribution in [0.2, 0.25) is 0 Å². The van der Waals surface area contributed by atoms with Gasteiger partial charge in [0, 0.05) is 13.1 Å². The lowest BCUT2D eigenvalue weighted by atomic mass is 9.93. The second-order valence-corrected chi connectivity index (χ2v) is 7.46. The van der Waals surface area contributed by atoms with Gasteiger partial charge < -0.3 is 9.64 Å². The van der Waals surface area contributed by atoms with Crippen molar-refractivity contribution < 1.29 is 9.53 Å². The Bertz CT molecular complexity index is 700. The summed E-state index contributed by atoms with van der Waals surface area (Å²) in [5.41, 5.74) is 0.806. The number of hydrogen-bond acceptors (Lipinski definition) is 7. The van der Waals surface area contributed by atoms with Crippen LogP contribution in [0.1, 0.15) is 40.0 Å². The number of anilines is 1. The number of aromatic nitrogens is 5. The van der Waals surface area contributed by atoms with Gasteiger partial charge in [-0.2, -0.15) is 0 Å². The summed E-state index contributed by atoms with van der Waals surface area (Å²) < 4.78 is 6.86. The first-order chi connectivity index (χ1) is 11.4. The van der Waals surface area contributed by atoms with Gasteiger partial charge in [0.25, 0.3) is 0 Å². The van der Waals surface area contributed by atoms with Gasteiger partial charge in [-0.3, -0.25) is 4.79 Å². The van der Waals surface area contributed by atoms with Crippen LogP contribution in [0.3, 0.4) is 0 Å². The van der Waals surface area contributed by atoms with Crippen LogP contribution in [0.5, 0.6) is 0 Å². The minimum Gasteiger partial charge on any atom is -0.465 e. The number of carbonyl (C=O) groups excluding carboxylic acids is 1. The first-order valence-corrected chi connectivity index (χ1v) is 8.39. The van der Waals surface area contributed by atoms with Gasteiger partial charge in [0.05, 0.1) is 12.5 Å². The first-order valence-electron chi connectivity index (χ1n) is 8.39. The topological polar surface area (TPSA) is 85.5 Å². The molecule has 0 atom stereocenters. The van der Waals surface area contributed by atoms with E-state index >= 15 is 0 Å². The molecule has 0 saturated carbocycles. The second kappa shape index (κ2) is 6.70. The molecule has 0 aliphatic carbocycles. The number of carbonyl (C=O) groups is 1. The standard InChI is InChI=1S/C16H24N6O2/c1-16(2,3)8-11-24-15(23)12-6-9-21(10-7-12)14-5-4-13-17-19-20-22(13)18-14/h4-5,12H,6-11H2,1-3H3. The molecule has 1 aliphatic heterocycles. The number of fused-ring (bicyclic) bond motifs is 1. The molecule has 24 heavy (non-hydrogen) atoms. The van der Waals surface area contributed by atoms with Gasteiger partial charge in [0.15, 0.2) is 11.5 Å². The molecule has 2 aromatic heterocycles. The number of tetrazole rings is 1. The Balaban J connectivity index is 1.50. The van der Waals surface area contributed by atoms with Crippen molar-refractivity contribution in [3.8, 4) is 0 Å². The van der Waals surface area contributed by atoms with Gasteiger partial charge in [-0.15, -0.1) is 14.8 Å². The highest BCUT2D eigenvalue weighted by Crippen LogP contribution is 2.24. The number of ether oxygens (including phenoxy) is 1. The Morgan fingerprint density at radius 2 is 2.04 bits per heavy atom. The maximum atomic E-state index is 12.2. The summed E-state index contributed by atoms with van der Waals surface area (Å²) in [7, 11) is 0. The van der Waals surface area contributed by atoms with Gasteiger partial charge in [0.1, 0.15) is 0 Å². The van der Waals surface area contributed by atoms with Gasteiger partial charge in [-0.05, 0) is 47.2 Å². The van der Waals surface area contributed by atoms with Crippen LogP contribution in [-0.4, -0.2) is 50.9 Å². The summed E-state index contributed by atoms with van der Waals surface area (Å²) in [5.74, 6) is 0.745. The molecule has 1 aliphatic rings. The first kappa shape index (κ1) is 16.6. The summed E-state index contributed by atoms with van der Waals surface area (Å²) in [6.45, 7) is 8.49. The van der Waals surface area contributed by atoms with E-state index in [1.807, 2.05) is 12.1 Å². The van der Waals surface area contributed by atoms with E-state index in [2.05, 4.69) is 46.3 Å². The average Bonchev–Trinajstić information content (AvgIpc) is 3.01. The molecule has 3 rings (SSSR count). The van der Waals surface area contributed by atoms with Crippen molar-refractivity contribution >= 4 is 17.4 Å². The molecule has 0 spiro atoms. The molecule has 8 heteroatoms. The van der Waals surface area contributed by atoms with Gasteiger partial charge >= 0.3 is 5.97 Å². The molecular formula is C16H24N6O2. The van der Waals surface area contributed by atoms with Crippen LogP contribution in [0.15, 0.2) is 12.1 Å². The van der Waals surface area contributed by atoms with E-state index in [0.717, 1.165) is 38.2 Å². The molecule has 130 valence electrons. The van der Waals surface area contributed by atoms with Crippen molar-refractivity contribution in [2.45, 2.75) is 40.0 Å². The Labute approximate surface area is 141 Å². The minimum absolute atomic E-state index is 0.0158. The van der Waals surface area contributed by atoms with E-state index in [0.29, 0.717) is 12.3 Å². The van der Waals surface area contributed by atoms with Crippen molar-refractivity contribution in [2.75, 3.05) is 24.6 Å². The van der Waals surface area contributed by atoms with Crippen LogP contribution in [-0.2, 0) is 9.53 Å². The van der Waals surface area contributed by atoms with Crippen LogP contribution >= 0.6 is 0 Å². The molecule has 3 heterocycles. The Morgan fingerprint density at radius 3 is 2.75 bits per heavy atom. The van der Waals surface area contributed by atoms with E-state index in [-0.39, 0.29) is 17.3 Å². The highest BCUT2D eigenvalue weighted by molar-refractivity contribution is 5.72. The maximum absolute atomic E-state index is 12.2. The highest BCUT2D eigenvalue weighted by atomic mass is 16.5. The predicted octanol–water partition coefficient (Wildman–Crippen LogP) is 1.72. The number of esters is 1. The van der Waals surface area contributed by atoms with Crippen LogP contribution in [0.25, 0.3) is 5.65 Å². The lowest BCUT2D eigenvalue weighted by Gasteiger charge is -2.31. The molecule has 0 radical (unpaired) electrons. The molecule has 8 nitrogen and oxygen atoms in total. The minimum atomic E-state index is -0.0669. The molecule has 0 aromatic carbocycles. The lowest BCUT2D eigenvalue weighted by molar-refractivity contribution is -0.149. The zero-order valence-electron chi connectivity index (χ0n) is 14.5. The van der Waals surface area contributed by atoms with Gasteiger partial charge in [-0.1, -0.05) is 20.8 Å². The zero-order valence-corrected chi connectivity index (χ0v) is 14.5. The maximum Gasteiger partial charge on any atom is 0.309 e.